The van der Waals surface area contributed by atoms with Crippen LogP contribution in [0.15, 0.2) is 88.7 Å². The molecule has 4 rings (SSSR count). The van der Waals surface area contributed by atoms with E-state index in [9.17, 15) is 14.7 Å². The zero-order valence-corrected chi connectivity index (χ0v) is 21.0. The molecule has 4 aromatic rings. The summed E-state index contributed by atoms with van der Waals surface area (Å²) in [6.45, 7) is 7.85. The van der Waals surface area contributed by atoms with Crippen LogP contribution >= 0.6 is 0 Å². The number of carbonyl (C=O) groups is 2. The van der Waals surface area contributed by atoms with E-state index in [1.165, 1.54) is 0 Å². The molecule has 37 heavy (non-hydrogen) atoms. The fraction of sp³-hybridized carbons (Fsp3) is 0.172. The smallest absolute Gasteiger partial charge is 0.311 e. The van der Waals surface area contributed by atoms with Crippen LogP contribution in [-0.2, 0) is 4.79 Å². The summed E-state index contributed by atoms with van der Waals surface area (Å²) in [6.07, 6.45) is 1.56. The SMILES string of the molecule is CCN(CC)c1ccc(C=C(NC(=O)c2ccccc2)C(=O)N=Nc2c(O)[nH]c3ccc(C)cc23)cc1. The lowest BCUT2D eigenvalue weighted by Crippen LogP contribution is -2.26. The maximum Gasteiger partial charge on any atom is 0.311 e. The summed E-state index contributed by atoms with van der Waals surface area (Å²) < 4.78 is 0. The number of H-pyrrole nitrogens is 1. The summed E-state index contributed by atoms with van der Waals surface area (Å²) in [7, 11) is 0. The van der Waals surface area contributed by atoms with Crippen molar-refractivity contribution in [2.24, 2.45) is 10.2 Å². The molecule has 0 unspecified atom stereocenters. The van der Waals surface area contributed by atoms with Gasteiger partial charge in [-0.3, -0.25) is 9.59 Å². The minimum atomic E-state index is -0.751. The van der Waals surface area contributed by atoms with Gasteiger partial charge in [-0.05, 0) is 68.8 Å². The normalized spacial score (nSPS) is 11.7. The van der Waals surface area contributed by atoms with Gasteiger partial charge in [-0.25, -0.2) is 0 Å². The molecule has 0 bridgehead atoms. The second kappa shape index (κ2) is 11.3. The maximum atomic E-state index is 13.1. The average molecular weight is 496 g/mol. The summed E-state index contributed by atoms with van der Waals surface area (Å²) in [6, 6.07) is 21.8. The Morgan fingerprint density at radius 3 is 2.38 bits per heavy atom. The minimum absolute atomic E-state index is 0.0382. The van der Waals surface area contributed by atoms with Crippen LogP contribution in [-0.4, -0.2) is 35.0 Å². The van der Waals surface area contributed by atoms with E-state index in [4.69, 9.17) is 0 Å². The van der Waals surface area contributed by atoms with Crippen molar-refractivity contribution in [2.45, 2.75) is 20.8 Å². The average Bonchev–Trinajstić information content (AvgIpc) is 3.22. The first-order chi connectivity index (χ1) is 17.9. The van der Waals surface area contributed by atoms with Crippen LogP contribution in [0.2, 0.25) is 0 Å². The van der Waals surface area contributed by atoms with Crippen LogP contribution in [0, 0.1) is 6.92 Å². The monoisotopic (exact) mass is 495 g/mol. The predicted molar refractivity (Wildman–Crippen MR) is 146 cm³/mol. The first-order valence-corrected chi connectivity index (χ1v) is 12.1. The Labute approximate surface area is 215 Å². The van der Waals surface area contributed by atoms with Crippen molar-refractivity contribution in [2.75, 3.05) is 18.0 Å². The number of benzene rings is 3. The topological polar surface area (TPSA) is 110 Å². The second-order valence-corrected chi connectivity index (χ2v) is 8.52. The number of aromatic amines is 1. The van der Waals surface area contributed by atoms with Crippen molar-refractivity contribution in [3.63, 3.8) is 0 Å². The third-order valence-corrected chi connectivity index (χ3v) is 6.00. The number of azo groups is 1. The molecule has 8 heteroatoms. The number of fused-ring (bicyclic) bond motifs is 1. The largest absolute Gasteiger partial charge is 0.493 e. The number of anilines is 1. The number of aromatic nitrogens is 1. The molecular weight excluding hydrogens is 466 g/mol. The van der Waals surface area contributed by atoms with Crippen LogP contribution in [0.25, 0.3) is 17.0 Å². The van der Waals surface area contributed by atoms with Crippen molar-refractivity contribution >= 4 is 40.2 Å². The summed E-state index contributed by atoms with van der Waals surface area (Å²) >= 11 is 0. The highest BCUT2D eigenvalue weighted by molar-refractivity contribution is 6.05. The Kier molecular flexibility index (Phi) is 7.78. The third-order valence-electron chi connectivity index (χ3n) is 6.00. The van der Waals surface area contributed by atoms with Crippen molar-refractivity contribution in [1.29, 1.82) is 0 Å². The molecule has 0 spiro atoms. The first kappa shape index (κ1) is 25.4. The fourth-order valence-corrected chi connectivity index (χ4v) is 4.00. The number of hydrogen-bond donors (Lipinski definition) is 3. The number of aromatic hydroxyl groups is 1. The molecule has 0 aliphatic rings. The Morgan fingerprint density at radius 2 is 1.70 bits per heavy atom. The third kappa shape index (κ3) is 5.92. The van der Waals surface area contributed by atoms with Crippen LogP contribution in [0.5, 0.6) is 5.88 Å². The van der Waals surface area contributed by atoms with Crippen molar-refractivity contribution in [3.05, 3.63) is 95.2 Å². The number of carbonyl (C=O) groups excluding carboxylic acids is 2. The standard InChI is InChI=1S/C29H29N5O3/c1-4-34(5-2)22-14-12-20(13-15-22)18-25(31-27(35)21-9-7-6-8-10-21)28(36)33-32-26-23-17-19(3)11-16-24(23)30-29(26)37/h6-18,30,37H,4-5H2,1-3H3,(H,31,35). The number of hydrogen-bond acceptors (Lipinski definition) is 5. The molecular formula is C29H29N5O3. The number of amides is 2. The Bertz CT molecular complexity index is 1470. The van der Waals surface area contributed by atoms with E-state index in [2.05, 4.69) is 39.3 Å². The summed E-state index contributed by atoms with van der Waals surface area (Å²) in [5, 5.41) is 21.5. The molecule has 3 aromatic carbocycles. The van der Waals surface area contributed by atoms with Crippen molar-refractivity contribution < 1.29 is 14.7 Å². The van der Waals surface area contributed by atoms with Crippen LogP contribution in [0.1, 0.15) is 35.3 Å². The van der Waals surface area contributed by atoms with E-state index < -0.39 is 11.8 Å². The number of aryl methyl sites for hydroxylation is 1. The Hall–Kier alpha value is -4.72. The molecule has 1 heterocycles. The van der Waals surface area contributed by atoms with E-state index in [0.29, 0.717) is 22.0 Å². The van der Waals surface area contributed by atoms with E-state index in [0.717, 1.165) is 24.3 Å². The molecule has 188 valence electrons. The fourth-order valence-electron chi connectivity index (χ4n) is 4.00. The van der Waals surface area contributed by atoms with Gasteiger partial charge in [0.15, 0.2) is 5.69 Å². The van der Waals surface area contributed by atoms with Gasteiger partial charge in [-0.15, -0.1) is 10.2 Å². The molecule has 0 fully saturated rings. The van der Waals surface area contributed by atoms with Gasteiger partial charge in [0.1, 0.15) is 5.70 Å². The van der Waals surface area contributed by atoms with Gasteiger partial charge in [0.05, 0.1) is 5.52 Å². The van der Waals surface area contributed by atoms with Crippen LogP contribution in [0.3, 0.4) is 0 Å². The zero-order valence-electron chi connectivity index (χ0n) is 21.0. The first-order valence-electron chi connectivity index (χ1n) is 12.1. The predicted octanol–water partition coefficient (Wildman–Crippen LogP) is 6.11. The van der Waals surface area contributed by atoms with Gasteiger partial charge in [0.25, 0.3) is 5.91 Å². The van der Waals surface area contributed by atoms with Gasteiger partial charge in [0, 0.05) is 29.7 Å². The lowest BCUT2D eigenvalue weighted by atomic mass is 10.1. The second-order valence-electron chi connectivity index (χ2n) is 8.52. The minimum Gasteiger partial charge on any atom is -0.493 e. The summed E-state index contributed by atoms with van der Waals surface area (Å²) in [5.41, 5.74) is 3.94. The lowest BCUT2D eigenvalue weighted by Gasteiger charge is -2.20. The lowest BCUT2D eigenvalue weighted by molar-refractivity contribution is -0.115. The highest BCUT2D eigenvalue weighted by Crippen LogP contribution is 2.36. The van der Waals surface area contributed by atoms with Crippen molar-refractivity contribution in [1.82, 2.24) is 10.3 Å². The van der Waals surface area contributed by atoms with E-state index >= 15 is 0 Å². The molecule has 1 aromatic heterocycles. The number of nitrogens with one attached hydrogen (secondary N) is 2. The van der Waals surface area contributed by atoms with Gasteiger partial charge < -0.3 is 20.3 Å². The Morgan fingerprint density at radius 1 is 1.00 bits per heavy atom. The zero-order chi connectivity index (χ0) is 26.4. The highest BCUT2D eigenvalue weighted by Gasteiger charge is 2.16. The summed E-state index contributed by atoms with van der Waals surface area (Å²) in [4.78, 5) is 31.0. The van der Waals surface area contributed by atoms with Gasteiger partial charge >= 0.3 is 5.91 Å². The van der Waals surface area contributed by atoms with E-state index in [1.807, 2.05) is 49.4 Å². The number of nitrogens with zero attached hydrogens (tertiary/aromatic N) is 3. The molecule has 3 N–H and O–H groups in total. The van der Waals surface area contributed by atoms with Crippen LogP contribution in [0.4, 0.5) is 11.4 Å². The van der Waals surface area contributed by atoms with Gasteiger partial charge in [0.2, 0.25) is 5.88 Å². The summed E-state index contributed by atoms with van der Waals surface area (Å²) in [5.74, 6) is -1.39. The number of rotatable bonds is 8. The highest BCUT2D eigenvalue weighted by atomic mass is 16.3. The van der Waals surface area contributed by atoms with Gasteiger partial charge in [-0.2, -0.15) is 0 Å². The molecule has 2 amide bonds. The van der Waals surface area contributed by atoms with Crippen LogP contribution < -0.4 is 10.2 Å². The molecule has 0 aliphatic heterocycles. The molecule has 0 atom stereocenters. The van der Waals surface area contributed by atoms with Gasteiger partial charge in [-0.1, -0.05) is 42.0 Å². The quantitative estimate of drug-likeness (QED) is 0.202. The van der Waals surface area contributed by atoms with E-state index in [1.54, 1.807) is 36.4 Å². The molecule has 0 aliphatic carbocycles. The Balaban J connectivity index is 1.66. The van der Waals surface area contributed by atoms with E-state index in [-0.39, 0.29) is 17.3 Å². The molecule has 0 saturated heterocycles. The molecule has 8 nitrogen and oxygen atoms in total. The maximum absolute atomic E-state index is 13.1. The van der Waals surface area contributed by atoms with Crippen molar-refractivity contribution in [3.8, 4) is 5.88 Å². The molecule has 0 saturated carbocycles. The molecule has 0 radical (unpaired) electrons.